The summed E-state index contributed by atoms with van der Waals surface area (Å²) >= 11 is 8.45. The van der Waals surface area contributed by atoms with Crippen molar-refractivity contribution in [1.29, 1.82) is 0 Å². The summed E-state index contributed by atoms with van der Waals surface area (Å²) in [4.78, 5) is 30.2. The average Bonchev–Trinajstić information content (AvgIpc) is 3.18. The molecule has 0 fully saturated rings. The number of anilines is 1. The maximum atomic E-state index is 13.2. The van der Waals surface area contributed by atoms with Gasteiger partial charge in [0.25, 0.3) is 5.56 Å². The molecule has 30 heavy (non-hydrogen) atoms. The van der Waals surface area contributed by atoms with Crippen LogP contribution in [0.4, 0.5) is 10.1 Å². The van der Waals surface area contributed by atoms with Crippen molar-refractivity contribution in [3.8, 4) is 5.69 Å². The number of fused-ring (bicyclic) bond motifs is 1. The summed E-state index contributed by atoms with van der Waals surface area (Å²) < 4.78 is 15.3. The van der Waals surface area contributed by atoms with Gasteiger partial charge in [0.15, 0.2) is 5.16 Å². The van der Waals surface area contributed by atoms with Crippen molar-refractivity contribution in [2.24, 2.45) is 0 Å². The molecule has 1 amide bonds. The summed E-state index contributed by atoms with van der Waals surface area (Å²) in [5.41, 5.74) is 2.38. The molecular formula is C21H15ClFN3O2S2. The van der Waals surface area contributed by atoms with Crippen molar-refractivity contribution in [3.05, 3.63) is 80.7 Å². The number of carbonyl (C=O) groups is 1. The van der Waals surface area contributed by atoms with E-state index in [2.05, 4.69) is 10.3 Å². The lowest BCUT2D eigenvalue weighted by atomic mass is 10.2. The van der Waals surface area contributed by atoms with Crippen LogP contribution in [0, 0.1) is 12.7 Å². The number of thiophene rings is 1. The van der Waals surface area contributed by atoms with E-state index in [9.17, 15) is 14.0 Å². The first-order valence-electron chi connectivity index (χ1n) is 8.88. The van der Waals surface area contributed by atoms with E-state index in [0.29, 0.717) is 21.1 Å². The fraction of sp³-hybridized carbons (Fsp3) is 0.0952. The summed E-state index contributed by atoms with van der Waals surface area (Å²) in [7, 11) is 0. The zero-order valence-electron chi connectivity index (χ0n) is 15.7. The number of rotatable bonds is 5. The summed E-state index contributed by atoms with van der Waals surface area (Å²) in [6.07, 6.45) is 0. The molecule has 0 atom stereocenters. The van der Waals surface area contributed by atoms with Gasteiger partial charge in [0.05, 0.1) is 27.7 Å². The number of nitrogens with one attached hydrogen (secondary N) is 1. The third kappa shape index (κ3) is 4.12. The molecule has 0 aliphatic carbocycles. The van der Waals surface area contributed by atoms with E-state index < -0.39 is 5.82 Å². The minimum absolute atomic E-state index is 0.00166. The van der Waals surface area contributed by atoms with Crippen LogP contribution in [0.5, 0.6) is 0 Å². The molecule has 2 heterocycles. The van der Waals surface area contributed by atoms with Crippen molar-refractivity contribution >= 4 is 56.5 Å². The van der Waals surface area contributed by atoms with E-state index in [1.165, 1.54) is 28.0 Å². The minimum Gasteiger partial charge on any atom is -0.324 e. The van der Waals surface area contributed by atoms with Gasteiger partial charge >= 0.3 is 0 Å². The second-order valence-electron chi connectivity index (χ2n) is 6.42. The highest BCUT2D eigenvalue weighted by Gasteiger charge is 2.17. The fourth-order valence-electron chi connectivity index (χ4n) is 2.92. The molecule has 4 rings (SSSR count). The third-order valence-electron chi connectivity index (χ3n) is 4.34. The Hall–Kier alpha value is -2.68. The number of benzene rings is 2. The van der Waals surface area contributed by atoms with E-state index in [1.807, 2.05) is 36.6 Å². The van der Waals surface area contributed by atoms with Gasteiger partial charge in [-0.1, -0.05) is 41.6 Å². The fourth-order valence-corrected chi connectivity index (χ4v) is 4.70. The van der Waals surface area contributed by atoms with Gasteiger partial charge < -0.3 is 5.32 Å². The Labute approximate surface area is 184 Å². The molecule has 0 bridgehead atoms. The first kappa shape index (κ1) is 20.6. The lowest BCUT2D eigenvalue weighted by Gasteiger charge is -2.14. The number of hydrogen-bond acceptors (Lipinski definition) is 5. The number of para-hydroxylation sites is 1. The topological polar surface area (TPSA) is 64.0 Å². The number of halogens is 2. The van der Waals surface area contributed by atoms with Crippen LogP contribution in [0.3, 0.4) is 0 Å². The van der Waals surface area contributed by atoms with E-state index in [0.717, 1.165) is 29.1 Å². The summed E-state index contributed by atoms with van der Waals surface area (Å²) in [6, 6.07) is 13.0. The smallest absolute Gasteiger partial charge is 0.276 e. The maximum Gasteiger partial charge on any atom is 0.276 e. The molecule has 9 heteroatoms. The minimum atomic E-state index is -0.483. The third-order valence-corrected chi connectivity index (χ3v) is 6.49. The van der Waals surface area contributed by atoms with Gasteiger partial charge in [-0.3, -0.25) is 14.2 Å². The van der Waals surface area contributed by atoms with Crippen LogP contribution >= 0.6 is 34.7 Å². The summed E-state index contributed by atoms with van der Waals surface area (Å²) in [5.74, 6) is -0.825. The van der Waals surface area contributed by atoms with E-state index in [4.69, 9.17) is 11.6 Å². The predicted molar refractivity (Wildman–Crippen MR) is 121 cm³/mol. The Morgan fingerprint density at radius 3 is 2.83 bits per heavy atom. The van der Waals surface area contributed by atoms with Gasteiger partial charge in [0.1, 0.15) is 10.5 Å². The quantitative estimate of drug-likeness (QED) is 0.326. The molecule has 0 unspecified atom stereocenters. The highest BCUT2D eigenvalue weighted by Crippen LogP contribution is 2.26. The van der Waals surface area contributed by atoms with Crippen LogP contribution in [0.15, 0.2) is 63.9 Å². The molecule has 0 radical (unpaired) electrons. The molecular weight excluding hydrogens is 445 g/mol. The number of nitrogens with zero attached hydrogens (tertiary/aromatic N) is 2. The average molecular weight is 460 g/mol. The highest BCUT2D eigenvalue weighted by molar-refractivity contribution is 7.99. The molecule has 0 aliphatic heterocycles. The van der Waals surface area contributed by atoms with Crippen LogP contribution in [-0.4, -0.2) is 21.2 Å². The normalized spacial score (nSPS) is 11.0. The monoisotopic (exact) mass is 459 g/mol. The summed E-state index contributed by atoms with van der Waals surface area (Å²) in [6.45, 7) is 1.91. The van der Waals surface area contributed by atoms with Crippen molar-refractivity contribution in [1.82, 2.24) is 9.55 Å². The maximum absolute atomic E-state index is 13.2. The molecule has 5 nitrogen and oxygen atoms in total. The SMILES string of the molecule is Cc1ccccc1-n1c(SCC(=O)Nc2ccc(F)cc2Cl)nc2ccsc2c1=O. The number of hydrogen-bond donors (Lipinski definition) is 1. The largest absolute Gasteiger partial charge is 0.324 e. The van der Waals surface area contributed by atoms with Crippen molar-refractivity contribution in [2.45, 2.75) is 12.1 Å². The van der Waals surface area contributed by atoms with Gasteiger partial charge in [-0.25, -0.2) is 9.37 Å². The highest BCUT2D eigenvalue weighted by atomic mass is 35.5. The van der Waals surface area contributed by atoms with E-state index in [1.54, 1.807) is 6.07 Å². The number of amides is 1. The number of thioether (sulfide) groups is 1. The molecule has 0 saturated heterocycles. The summed E-state index contributed by atoms with van der Waals surface area (Å²) in [5, 5.41) is 5.00. The second-order valence-corrected chi connectivity index (χ2v) is 8.68. The van der Waals surface area contributed by atoms with Crippen molar-refractivity contribution in [2.75, 3.05) is 11.1 Å². The lowest BCUT2D eigenvalue weighted by Crippen LogP contribution is -2.22. The molecule has 0 saturated carbocycles. The molecule has 1 N–H and O–H groups in total. The van der Waals surface area contributed by atoms with Crippen LogP contribution in [0.1, 0.15) is 5.56 Å². The molecule has 0 spiro atoms. The number of aryl methyl sites for hydroxylation is 1. The van der Waals surface area contributed by atoms with Crippen molar-refractivity contribution in [3.63, 3.8) is 0 Å². The first-order valence-corrected chi connectivity index (χ1v) is 11.1. The molecule has 4 aromatic rings. The first-order chi connectivity index (χ1) is 14.4. The van der Waals surface area contributed by atoms with Gasteiger partial charge in [-0.05, 0) is 48.2 Å². The van der Waals surface area contributed by atoms with Crippen molar-refractivity contribution < 1.29 is 9.18 Å². The van der Waals surface area contributed by atoms with Gasteiger partial charge in [-0.2, -0.15) is 0 Å². The molecule has 0 aliphatic rings. The zero-order valence-corrected chi connectivity index (χ0v) is 18.1. The van der Waals surface area contributed by atoms with Crippen LogP contribution in [0.25, 0.3) is 15.9 Å². The lowest BCUT2D eigenvalue weighted by molar-refractivity contribution is -0.113. The Bertz CT molecular complexity index is 1320. The van der Waals surface area contributed by atoms with E-state index in [-0.39, 0.29) is 22.2 Å². The van der Waals surface area contributed by atoms with Crippen LogP contribution < -0.4 is 10.9 Å². The predicted octanol–water partition coefficient (Wildman–Crippen LogP) is 5.28. The Balaban J connectivity index is 1.65. The zero-order chi connectivity index (χ0) is 21.3. The van der Waals surface area contributed by atoms with Crippen LogP contribution in [0.2, 0.25) is 5.02 Å². The van der Waals surface area contributed by atoms with Gasteiger partial charge in [0.2, 0.25) is 5.91 Å². The van der Waals surface area contributed by atoms with Crippen LogP contribution in [-0.2, 0) is 4.79 Å². The standard InChI is InChI=1S/C21H15ClFN3O2S2/c1-12-4-2-3-5-17(12)26-20(28)19-16(8-9-29-19)25-21(26)30-11-18(27)24-15-7-6-13(23)10-14(15)22/h2-10H,11H2,1H3,(H,24,27). The molecule has 2 aromatic carbocycles. The van der Waals surface area contributed by atoms with E-state index >= 15 is 0 Å². The second kappa shape index (κ2) is 8.59. The van der Waals surface area contributed by atoms with Gasteiger partial charge in [-0.15, -0.1) is 11.3 Å². The number of aromatic nitrogens is 2. The van der Waals surface area contributed by atoms with Gasteiger partial charge in [0, 0.05) is 0 Å². The molecule has 152 valence electrons. The Morgan fingerprint density at radius 1 is 1.27 bits per heavy atom. The molecule has 2 aromatic heterocycles. The Morgan fingerprint density at radius 2 is 2.07 bits per heavy atom. The number of carbonyl (C=O) groups excluding carboxylic acids is 1. The Kier molecular flexibility index (Phi) is 5.90.